The Morgan fingerprint density at radius 2 is 2.14 bits per heavy atom. The van der Waals surface area contributed by atoms with Crippen LogP contribution < -0.4 is 11.1 Å². The number of nitrogen functional groups attached to an aromatic ring is 1. The number of aliphatic hydroxyl groups is 1. The standard InChI is InChI=1S/C10H15ClN2O/c1-10(2,14)6-13-9-7(11)4-3-5-8(9)12/h3-5,13-14H,6,12H2,1-2H3. The predicted octanol–water partition coefficient (Wildman–Crippen LogP) is 2.10. The molecule has 4 N–H and O–H groups in total. The molecule has 78 valence electrons. The fraction of sp³-hybridized carbons (Fsp3) is 0.400. The highest BCUT2D eigenvalue weighted by Crippen LogP contribution is 2.28. The number of rotatable bonds is 3. The number of hydrogen-bond donors (Lipinski definition) is 3. The predicted molar refractivity (Wildman–Crippen MR) is 60.7 cm³/mol. The van der Waals surface area contributed by atoms with Gasteiger partial charge >= 0.3 is 0 Å². The molecule has 0 aromatic heterocycles. The first-order chi connectivity index (χ1) is 6.40. The minimum atomic E-state index is -0.786. The van der Waals surface area contributed by atoms with Crippen LogP contribution in [-0.4, -0.2) is 17.3 Å². The number of nitrogens with two attached hydrogens (primary N) is 1. The third-order valence-corrected chi connectivity index (χ3v) is 2.06. The zero-order chi connectivity index (χ0) is 10.8. The van der Waals surface area contributed by atoms with Gasteiger partial charge in [0.15, 0.2) is 0 Å². The lowest BCUT2D eigenvalue weighted by Gasteiger charge is -2.20. The molecule has 0 saturated carbocycles. The topological polar surface area (TPSA) is 58.3 Å². The Hall–Kier alpha value is -0.930. The van der Waals surface area contributed by atoms with Gasteiger partial charge in [0, 0.05) is 6.54 Å². The molecule has 0 aliphatic carbocycles. The summed E-state index contributed by atoms with van der Waals surface area (Å²) in [6.07, 6.45) is 0. The van der Waals surface area contributed by atoms with E-state index in [0.717, 1.165) is 0 Å². The van der Waals surface area contributed by atoms with Crippen molar-refractivity contribution in [1.29, 1.82) is 0 Å². The summed E-state index contributed by atoms with van der Waals surface area (Å²) in [6, 6.07) is 5.30. The number of anilines is 2. The number of benzene rings is 1. The summed E-state index contributed by atoms with van der Waals surface area (Å²) in [7, 11) is 0. The molecular weight excluding hydrogens is 200 g/mol. The second-order valence-electron chi connectivity index (χ2n) is 3.87. The van der Waals surface area contributed by atoms with Gasteiger partial charge in [0.25, 0.3) is 0 Å². The van der Waals surface area contributed by atoms with Crippen LogP contribution in [0.25, 0.3) is 0 Å². The summed E-state index contributed by atoms with van der Waals surface area (Å²) in [5, 5.41) is 13.1. The quantitative estimate of drug-likeness (QED) is 0.676. The maximum atomic E-state index is 9.51. The van der Waals surface area contributed by atoms with E-state index in [2.05, 4.69) is 5.32 Å². The van der Waals surface area contributed by atoms with Crippen LogP contribution in [0.3, 0.4) is 0 Å². The molecule has 0 saturated heterocycles. The Balaban J connectivity index is 2.77. The lowest BCUT2D eigenvalue weighted by atomic mass is 10.1. The SMILES string of the molecule is CC(C)(O)CNc1c(N)cccc1Cl. The molecule has 0 spiro atoms. The second-order valence-corrected chi connectivity index (χ2v) is 4.28. The zero-order valence-corrected chi connectivity index (χ0v) is 9.10. The Labute approximate surface area is 88.9 Å². The molecule has 4 heteroatoms. The Morgan fingerprint density at radius 1 is 1.50 bits per heavy atom. The molecule has 0 aliphatic heterocycles. The molecule has 3 nitrogen and oxygen atoms in total. The van der Waals surface area contributed by atoms with Crippen molar-refractivity contribution in [2.75, 3.05) is 17.6 Å². The summed E-state index contributed by atoms with van der Waals surface area (Å²) in [5.41, 5.74) is 6.20. The average molecular weight is 215 g/mol. The Kier molecular flexibility index (Phi) is 3.24. The monoisotopic (exact) mass is 214 g/mol. The van der Waals surface area contributed by atoms with E-state index >= 15 is 0 Å². The first-order valence-electron chi connectivity index (χ1n) is 4.40. The molecule has 0 unspecified atom stereocenters. The highest BCUT2D eigenvalue weighted by molar-refractivity contribution is 6.33. The summed E-state index contributed by atoms with van der Waals surface area (Å²) >= 11 is 5.93. The maximum absolute atomic E-state index is 9.51. The molecular formula is C10H15ClN2O. The van der Waals surface area contributed by atoms with E-state index in [9.17, 15) is 5.11 Å². The molecule has 0 heterocycles. The van der Waals surface area contributed by atoms with E-state index in [1.165, 1.54) is 0 Å². The van der Waals surface area contributed by atoms with Gasteiger partial charge in [0.2, 0.25) is 0 Å². The van der Waals surface area contributed by atoms with Crippen molar-refractivity contribution in [3.8, 4) is 0 Å². The third kappa shape index (κ3) is 3.09. The highest BCUT2D eigenvalue weighted by atomic mass is 35.5. The first kappa shape index (κ1) is 11.1. The largest absolute Gasteiger partial charge is 0.397 e. The van der Waals surface area contributed by atoms with Crippen molar-refractivity contribution in [1.82, 2.24) is 0 Å². The van der Waals surface area contributed by atoms with E-state index in [-0.39, 0.29) is 0 Å². The van der Waals surface area contributed by atoms with Crippen LogP contribution >= 0.6 is 11.6 Å². The van der Waals surface area contributed by atoms with Crippen LogP contribution in [0.1, 0.15) is 13.8 Å². The van der Waals surface area contributed by atoms with Gasteiger partial charge in [-0.1, -0.05) is 17.7 Å². The molecule has 1 aromatic rings. The van der Waals surface area contributed by atoms with Crippen LogP contribution in [0.15, 0.2) is 18.2 Å². The van der Waals surface area contributed by atoms with E-state index in [1.54, 1.807) is 32.0 Å². The molecule has 14 heavy (non-hydrogen) atoms. The fourth-order valence-electron chi connectivity index (χ4n) is 1.03. The van der Waals surface area contributed by atoms with Crippen molar-refractivity contribution in [2.24, 2.45) is 0 Å². The first-order valence-corrected chi connectivity index (χ1v) is 4.78. The lowest BCUT2D eigenvalue weighted by molar-refractivity contribution is 0.0945. The molecule has 0 fully saturated rings. The van der Waals surface area contributed by atoms with Crippen molar-refractivity contribution in [2.45, 2.75) is 19.4 Å². The van der Waals surface area contributed by atoms with E-state index < -0.39 is 5.60 Å². The normalized spacial score (nSPS) is 11.4. The maximum Gasteiger partial charge on any atom is 0.0764 e. The average Bonchev–Trinajstić information content (AvgIpc) is 2.01. The van der Waals surface area contributed by atoms with Gasteiger partial charge < -0.3 is 16.2 Å². The van der Waals surface area contributed by atoms with Crippen LogP contribution in [-0.2, 0) is 0 Å². The van der Waals surface area contributed by atoms with Crippen LogP contribution in [0.4, 0.5) is 11.4 Å². The third-order valence-electron chi connectivity index (χ3n) is 1.74. The minimum absolute atomic E-state index is 0.404. The lowest BCUT2D eigenvalue weighted by Crippen LogP contribution is -2.29. The summed E-state index contributed by atoms with van der Waals surface area (Å²) in [5.74, 6) is 0. The number of halogens is 1. The van der Waals surface area contributed by atoms with Gasteiger partial charge in [0.1, 0.15) is 0 Å². The van der Waals surface area contributed by atoms with Crippen LogP contribution in [0.5, 0.6) is 0 Å². The fourth-order valence-corrected chi connectivity index (χ4v) is 1.28. The van der Waals surface area contributed by atoms with Crippen molar-refractivity contribution in [3.05, 3.63) is 23.2 Å². The Morgan fingerprint density at radius 3 is 2.64 bits per heavy atom. The van der Waals surface area contributed by atoms with Crippen LogP contribution in [0.2, 0.25) is 5.02 Å². The highest BCUT2D eigenvalue weighted by Gasteiger charge is 2.13. The summed E-state index contributed by atoms with van der Waals surface area (Å²) in [4.78, 5) is 0. The van der Waals surface area contributed by atoms with Gasteiger partial charge in [0.05, 0.1) is 22.0 Å². The van der Waals surface area contributed by atoms with Crippen LogP contribution in [0, 0.1) is 0 Å². The van der Waals surface area contributed by atoms with E-state index in [4.69, 9.17) is 17.3 Å². The van der Waals surface area contributed by atoms with Gasteiger partial charge in [-0.3, -0.25) is 0 Å². The number of hydrogen-bond acceptors (Lipinski definition) is 3. The Bertz CT molecular complexity index is 300. The van der Waals surface area contributed by atoms with Gasteiger partial charge in [-0.05, 0) is 26.0 Å². The van der Waals surface area contributed by atoms with Gasteiger partial charge in [-0.15, -0.1) is 0 Å². The number of nitrogens with one attached hydrogen (secondary N) is 1. The zero-order valence-electron chi connectivity index (χ0n) is 8.34. The minimum Gasteiger partial charge on any atom is -0.397 e. The summed E-state index contributed by atoms with van der Waals surface area (Å²) in [6.45, 7) is 3.83. The molecule has 1 aromatic carbocycles. The van der Waals surface area contributed by atoms with Gasteiger partial charge in [-0.2, -0.15) is 0 Å². The van der Waals surface area contributed by atoms with Crippen molar-refractivity contribution in [3.63, 3.8) is 0 Å². The van der Waals surface area contributed by atoms with Crippen molar-refractivity contribution >= 4 is 23.0 Å². The molecule has 0 bridgehead atoms. The van der Waals surface area contributed by atoms with Crippen molar-refractivity contribution < 1.29 is 5.11 Å². The van der Waals surface area contributed by atoms with E-state index in [1.807, 2.05) is 0 Å². The molecule has 0 amide bonds. The van der Waals surface area contributed by atoms with E-state index in [0.29, 0.717) is 22.9 Å². The van der Waals surface area contributed by atoms with Gasteiger partial charge in [-0.25, -0.2) is 0 Å². The molecule has 0 aliphatic rings. The molecule has 0 radical (unpaired) electrons. The summed E-state index contributed by atoms with van der Waals surface area (Å²) < 4.78 is 0. The number of para-hydroxylation sites is 1. The second kappa shape index (κ2) is 4.07. The molecule has 0 atom stereocenters. The smallest absolute Gasteiger partial charge is 0.0764 e. The molecule has 1 rings (SSSR count).